The zero-order chi connectivity index (χ0) is 27.7. The average molecular weight is 590 g/mol. The smallest absolute Gasteiger partial charge is 0.261 e. The van der Waals surface area contributed by atoms with Crippen LogP contribution in [0.3, 0.4) is 0 Å². The zero-order valence-corrected chi connectivity index (χ0v) is 23.0. The van der Waals surface area contributed by atoms with Gasteiger partial charge in [0.2, 0.25) is 0 Å². The molecule has 0 saturated carbocycles. The number of nitrogens with zero attached hydrogens (tertiary/aromatic N) is 2. The average Bonchev–Trinajstić information content (AvgIpc) is 3.34. The summed E-state index contributed by atoms with van der Waals surface area (Å²) < 4.78 is 22.6. The fourth-order valence-corrected chi connectivity index (χ4v) is 4.81. The number of nitrogens with one attached hydrogen (secondary N) is 3. The molecular formula is C29H25BrFN5O3. The van der Waals surface area contributed by atoms with Gasteiger partial charge in [-0.1, -0.05) is 33.6 Å². The van der Waals surface area contributed by atoms with Crippen LogP contribution in [-0.4, -0.2) is 28.7 Å². The lowest BCUT2D eigenvalue weighted by Crippen LogP contribution is -2.32. The molecule has 10 heteroatoms. The summed E-state index contributed by atoms with van der Waals surface area (Å²) in [5, 5.41) is 13.3. The topological polar surface area (TPSA) is 97.3 Å². The Labute approximate surface area is 233 Å². The second kappa shape index (κ2) is 10.7. The third-order valence-electron chi connectivity index (χ3n) is 6.42. The maximum absolute atomic E-state index is 15.3. The molecule has 0 radical (unpaired) electrons. The van der Waals surface area contributed by atoms with Gasteiger partial charge in [-0.15, -0.1) is 0 Å². The molecule has 0 saturated heterocycles. The third kappa shape index (κ3) is 5.28. The van der Waals surface area contributed by atoms with Crippen molar-refractivity contribution < 1.29 is 18.7 Å². The molecule has 0 fully saturated rings. The lowest BCUT2D eigenvalue weighted by Gasteiger charge is -2.30. The van der Waals surface area contributed by atoms with Crippen LogP contribution < -0.4 is 20.7 Å². The second-order valence-corrected chi connectivity index (χ2v) is 10.0. The molecule has 1 unspecified atom stereocenters. The van der Waals surface area contributed by atoms with Gasteiger partial charge in [-0.05, 0) is 68.4 Å². The van der Waals surface area contributed by atoms with Gasteiger partial charge in [-0.25, -0.2) is 9.07 Å². The van der Waals surface area contributed by atoms with E-state index < -0.39 is 17.8 Å². The highest BCUT2D eigenvalue weighted by molar-refractivity contribution is 9.10. The Bertz CT molecular complexity index is 1600. The summed E-state index contributed by atoms with van der Waals surface area (Å²) in [5.41, 5.74) is 3.43. The Balaban J connectivity index is 1.55. The van der Waals surface area contributed by atoms with E-state index in [0.717, 1.165) is 5.56 Å². The van der Waals surface area contributed by atoms with Crippen LogP contribution in [0.25, 0.3) is 0 Å². The molecule has 0 spiro atoms. The van der Waals surface area contributed by atoms with Crippen LogP contribution in [0.15, 0.2) is 88.7 Å². The number of anilines is 3. The molecular weight excluding hydrogens is 565 g/mol. The van der Waals surface area contributed by atoms with E-state index in [1.165, 1.54) is 16.9 Å². The van der Waals surface area contributed by atoms with Crippen molar-refractivity contribution in [3.05, 3.63) is 111 Å². The molecule has 4 aromatic rings. The van der Waals surface area contributed by atoms with E-state index >= 15 is 4.39 Å². The van der Waals surface area contributed by atoms with Crippen molar-refractivity contribution in [2.75, 3.05) is 23.1 Å². The van der Waals surface area contributed by atoms with Crippen molar-refractivity contribution in [3.63, 3.8) is 0 Å². The van der Waals surface area contributed by atoms with Crippen molar-refractivity contribution in [1.82, 2.24) is 9.78 Å². The standard InChI is InChI=1S/C29H25BrFN5O3/c1-16-4-7-19(8-5-16)34-28(37)23-15-32-36-26(22-14-18(30)6-13-24(22)31)25(17(2)33-27(23)36)29(38)35-20-9-11-21(39-3)12-10-20/h4-15,26,33H,1-3H3,(H,34,37)(H,35,38). The number of fused-ring (bicyclic) bond motifs is 1. The number of hydrogen-bond donors (Lipinski definition) is 3. The van der Waals surface area contributed by atoms with Gasteiger partial charge in [0.05, 0.1) is 18.9 Å². The molecule has 8 nitrogen and oxygen atoms in total. The largest absolute Gasteiger partial charge is 0.497 e. The number of benzene rings is 3. The van der Waals surface area contributed by atoms with Crippen LogP contribution in [0, 0.1) is 12.7 Å². The minimum absolute atomic E-state index is 0.222. The van der Waals surface area contributed by atoms with E-state index in [9.17, 15) is 9.59 Å². The fraction of sp³-hybridized carbons (Fsp3) is 0.138. The Morgan fingerprint density at radius 3 is 2.28 bits per heavy atom. The molecule has 3 N–H and O–H groups in total. The van der Waals surface area contributed by atoms with E-state index in [4.69, 9.17) is 4.74 Å². The third-order valence-corrected chi connectivity index (χ3v) is 6.92. The summed E-state index contributed by atoms with van der Waals surface area (Å²) in [7, 11) is 1.56. The number of ether oxygens (including phenoxy) is 1. The maximum Gasteiger partial charge on any atom is 0.261 e. The monoisotopic (exact) mass is 589 g/mol. The minimum atomic E-state index is -0.946. The minimum Gasteiger partial charge on any atom is -0.497 e. The highest BCUT2D eigenvalue weighted by Crippen LogP contribution is 2.39. The number of hydrogen-bond acceptors (Lipinski definition) is 5. The number of amides is 2. The highest BCUT2D eigenvalue weighted by Gasteiger charge is 2.36. The summed E-state index contributed by atoms with van der Waals surface area (Å²) in [5.74, 6) is -0.349. The lowest BCUT2D eigenvalue weighted by atomic mass is 9.94. The van der Waals surface area contributed by atoms with Crippen molar-refractivity contribution >= 4 is 44.9 Å². The van der Waals surface area contributed by atoms with E-state index in [1.54, 1.807) is 50.4 Å². The summed E-state index contributed by atoms with van der Waals surface area (Å²) >= 11 is 3.41. The number of methoxy groups -OCH3 is 1. The van der Waals surface area contributed by atoms with Crippen LogP contribution in [0.4, 0.5) is 21.6 Å². The predicted molar refractivity (Wildman–Crippen MR) is 152 cm³/mol. The van der Waals surface area contributed by atoms with Crippen molar-refractivity contribution in [2.24, 2.45) is 0 Å². The van der Waals surface area contributed by atoms with Gasteiger partial charge in [-0.2, -0.15) is 5.10 Å². The molecule has 39 heavy (non-hydrogen) atoms. The van der Waals surface area contributed by atoms with Gasteiger partial charge in [0, 0.05) is 27.1 Å². The first kappa shape index (κ1) is 26.2. The SMILES string of the molecule is COc1ccc(NC(=O)C2=C(C)Nc3c(C(=O)Nc4ccc(C)cc4)cnn3C2c2cc(Br)ccc2F)cc1. The molecule has 198 valence electrons. The Morgan fingerprint density at radius 2 is 1.62 bits per heavy atom. The van der Waals surface area contributed by atoms with Crippen LogP contribution in [-0.2, 0) is 4.79 Å². The van der Waals surface area contributed by atoms with Crippen LogP contribution in [0.2, 0.25) is 0 Å². The molecule has 1 aliphatic heterocycles. The molecule has 1 aromatic heterocycles. The first-order chi connectivity index (χ1) is 18.7. The van der Waals surface area contributed by atoms with Crippen molar-refractivity contribution in [2.45, 2.75) is 19.9 Å². The van der Waals surface area contributed by atoms with Crippen LogP contribution in [0.5, 0.6) is 5.75 Å². The predicted octanol–water partition coefficient (Wildman–Crippen LogP) is 6.28. The van der Waals surface area contributed by atoms with Gasteiger partial charge in [0.25, 0.3) is 11.8 Å². The van der Waals surface area contributed by atoms with E-state index in [1.807, 2.05) is 31.2 Å². The number of aryl methyl sites for hydroxylation is 1. The maximum atomic E-state index is 15.3. The first-order valence-corrected chi connectivity index (χ1v) is 12.9. The molecule has 1 aliphatic rings. The highest BCUT2D eigenvalue weighted by atomic mass is 79.9. The second-order valence-electron chi connectivity index (χ2n) is 9.09. The Kier molecular flexibility index (Phi) is 7.21. The van der Waals surface area contributed by atoms with E-state index in [-0.39, 0.29) is 22.6 Å². The van der Waals surface area contributed by atoms with E-state index in [0.29, 0.717) is 33.1 Å². The molecule has 2 heterocycles. The molecule has 3 aromatic carbocycles. The molecule has 0 aliphatic carbocycles. The van der Waals surface area contributed by atoms with E-state index in [2.05, 4.69) is 37.0 Å². The lowest BCUT2D eigenvalue weighted by molar-refractivity contribution is -0.113. The van der Waals surface area contributed by atoms with Crippen LogP contribution >= 0.6 is 15.9 Å². The zero-order valence-electron chi connectivity index (χ0n) is 21.4. The number of carbonyl (C=O) groups excluding carboxylic acids is 2. The number of halogens is 2. The fourth-order valence-electron chi connectivity index (χ4n) is 4.44. The Hall–Kier alpha value is -4.44. The molecule has 0 bridgehead atoms. The number of allylic oxidation sites excluding steroid dienone is 1. The van der Waals surface area contributed by atoms with Gasteiger partial charge < -0.3 is 20.7 Å². The number of rotatable bonds is 6. The van der Waals surface area contributed by atoms with Crippen molar-refractivity contribution in [3.8, 4) is 5.75 Å². The molecule has 1 atom stereocenters. The number of aromatic nitrogens is 2. The summed E-state index contributed by atoms with van der Waals surface area (Å²) in [6.45, 7) is 3.67. The summed E-state index contributed by atoms with van der Waals surface area (Å²) in [4.78, 5) is 26.9. The Morgan fingerprint density at radius 1 is 0.974 bits per heavy atom. The van der Waals surface area contributed by atoms with Crippen LogP contribution in [0.1, 0.15) is 34.5 Å². The first-order valence-electron chi connectivity index (χ1n) is 12.1. The van der Waals surface area contributed by atoms with Gasteiger partial charge >= 0.3 is 0 Å². The summed E-state index contributed by atoms with van der Waals surface area (Å²) in [6, 6.07) is 17.9. The van der Waals surface area contributed by atoms with Gasteiger partial charge in [0.15, 0.2) is 0 Å². The normalized spacial score (nSPS) is 14.3. The van der Waals surface area contributed by atoms with Gasteiger partial charge in [0.1, 0.15) is 29.0 Å². The summed E-state index contributed by atoms with van der Waals surface area (Å²) in [6.07, 6.45) is 1.41. The molecule has 2 amide bonds. The van der Waals surface area contributed by atoms with Gasteiger partial charge in [-0.3, -0.25) is 9.59 Å². The molecule has 5 rings (SSSR count). The number of carbonyl (C=O) groups is 2. The van der Waals surface area contributed by atoms with Crippen molar-refractivity contribution in [1.29, 1.82) is 0 Å². The quantitative estimate of drug-likeness (QED) is 0.246.